The molecule has 3 heteroatoms. The van der Waals surface area contributed by atoms with Crippen LogP contribution in [0.2, 0.25) is 0 Å². The van der Waals surface area contributed by atoms with Gasteiger partial charge in [0.1, 0.15) is 16.1 Å². The molecule has 3 aromatic rings. The maximum atomic E-state index is 12.6. The first-order chi connectivity index (χ1) is 9.20. The van der Waals surface area contributed by atoms with Crippen LogP contribution in [0.1, 0.15) is 19.9 Å². The summed E-state index contributed by atoms with van der Waals surface area (Å²) in [5.74, 6) is 0. The third-order valence-electron chi connectivity index (χ3n) is 3.16. The van der Waals surface area contributed by atoms with E-state index in [0.717, 1.165) is 10.1 Å². The maximum absolute atomic E-state index is 12.6. The number of hydrogen-bond donors (Lipinski definition) is 0. The van der Waals surface area contributed by atoms with E-state index in [0.29, 0.717) is 0 Å². The Balaban J connectivity index is 2.46. The van der Waals surface area contributed by atoms with Crippen LogP contribution < -0.4 is 5.56 Å². The van der Waals surface area contributed by atoms with E-state index in [9.17, 15) is 4.79 Å². The van der Waals surface area contributed by atoms with Gasteiger partial charge >= 0.3 is 5.56 Å². The van der Waals surface area contributed by atoms with Crippen LogP contribution in [-0.4, -0.2) is 3.96 Å². The zero-order chi connectivity index (χ0) is 13.4. The molecule has 2 aromatic carbocycles. The third kappa shape index (κ3) is 1.90. The van der Waals surface area contributed by atoms with Crippen LogP contribution in [0, 0.1) is 0 Å². The molecule has 2 nitrogen and oxygen atoms in total. The van der Waals surface area contributed by atoms with E-state index >= 15 is 0 Å². The van der Waals surface area contributed by atoms with Gasteiger partial charge in [-0.05, 0) is 19.9 Å². The highest BCUT2D eigenvalue weighted by Crippen LogP contribution is 2.38. The molecule has 0 aliphatic heterocycles. The molecule has 96 valence electrons. The lowest BCUT2D eigenvalue weighted by molar-refractivity contribution is 0.634. The van der Waals surface area contributed by atoms with Crippen LogP contribution in [0.15, 0.2) is 59.4 Å². The van der Waals surface area contributed by atoms with Crippen molar-refractivity contribution in [3.05, 3.63) is 65.0 Å². The summed E-state index contributed by atoms with van der Waals surface area (Å²) in [7, 11) is -0.280. The van der Waals surface area contributed by atoms with Gasteiger partial charge in [-0.1, -0.05) is 30.3 Å². The van der Waals surface area contributed by atoms with Gasteiger partial charge in [0.2, 0.25) is 9.60 Å². The Morgan fingerprint density at radius 1 is 0.947 bits per heavy atom. The Hall–Kier alpha value is -1.87. The molecule has 1 aromatic heterocycles. The topological polar surface area (TPSA) is 22.0 Å². The molecule has 0 aliphatic rings. The van der Waals surface area contributed by atoms with Crippen molar-refractivity contribution in [2.45, 2.75) is 19.9 Å². The summed E-state index contributed by atoms with van der Waals surface area (Å²) in [5.41, 5.74) is 0.151. The number of aromatic nitrogens is 1. The van der Waals surface area contributed by atoms with Gasteiger partial charge in [-0.3, -0.25) is 4.79 Å². The fourth-order valence-electron chi connectivity index (χ4n) is 2.35. The monoisotopic (exact) mass is 270 g/mol. The Bertz CT molecular complexity index is 768. The molecule has 0 fully saturated rings. The van der Waals surface area contributed by atoms with Crippen molar-refractivity contribution in [1.82, 2.24) is 3.96 Å². The summed E-state index contributed by atoms with van der Waals surface area (Å²) in [6, 6.07) is 18.4. The van der Waals surface area contributed by atoms with Crippen molar-refractivity contribution in [3.63, 3.8) is 0 Å². The highest BCUT2D eigenvalue weighted by atomic mass is 32.2. The zero-order valence-corrected chi connectivity index (χ0v) is 11.9. The van der Waals surface area contributed by atoms with E-state index in [4.69, 9.17) is 0 Å². The standard InChI is InChI=1S/C16H16NOS/c1-12(2)17-16(18)14-10-6-7-11-15(14)19(17)13-8-4-3-5-9-13/h3-12H,1-2H3/q+1. The predicted molar refractivity (Wildman–Crippen MR) is 82.4 cm³/mol. The Kier molecular flexibility index (Phi) is 2.99. The highest BCUT2D eigenvalue weighted by molar-refractivity contribution is 7.41. The Labute approximate surface area is 115 Å². The molecule has 0 spiro atoms. The first-order valence-corrected chi connectivity index (χ1v) is 7.60. The van der Waals surface area contributed by atoms with Crippen LogP contribution in [0.5, 0.6) is 0 Å². The number of nitrogens with zero attached hydrogens (tertiary/aromatic N) is 1. The first-order valence-electron chi connectivity index (χ1n) is 6.42. The largest absolute Gasteiger partial charge is 0.304 e. The molecular formula is C16H16NOS+. The summed E-state index contributed by atoms with van der Waals surface area (Å²) in [4.78, 5) is 13.8. The average Bonchev–Trinajstić information content (AvgIpc) is 2.74. The van der Waals surface area contributed by atoms with Crippen LogP contribution >= 0.6 is 10.7 Å². The molecule has 1 heterocycles. The predicted octanol–water partition coefficient (Wildman–Crippen LogP) is 4.32. The first kappa shape index (κ1) is 12.2. The van der Waals surface area contributed by atoms with E-state index in [2.05, 4.69) is 32.0 Å². The van der Waals surface area contributed by atoms with Gasteiger partial charge in [0.05, 0.1) is 6.04 Å². The molecule has 0 aliphatic carbocycles. The molecule has 3 rings (SSSR count). The van der Waals surface area contributed by atoms with E-state index in [1.165, 1.54) is 4.90 Å². The molecular weight excluding hydrogens is 254 g/mol. The average molecular weight is 270 g/mol. The van der Waals surface area contributed by atoms with Crippen molar-refractivity contribution < 1.29 is 0 Å². The number of rotatable bonds is 2. The normalized spacial score (nSPS) is 12.3. The lowest BCUT2D eigenvalue weighted by Gasteiger charge is -2.02. The van der Waals surface area contributed by atoms with Gasteiger partial charge in [-0.15, -0.1) is 3.96 Å². The SMILES string of the molecule is CC(C)n1c(=O)c2ccccc2[s+]1-c1ccccc1. The molecule has 19 heavy (non-hydrogen) atoms. The van der Waals surface area contributed by atoms with E-state index in [1.54, 1.807) is 0 Å². The number of benzene rings is 2. The summed E-state index contributed by atoms with van der Waals surface area (Å²) in [5, 5.41) is 0.850. The van der Waals surface area contributed by atoms with Crippen molar-refractivity contribution >= 4 is 20.8 Å². The molecule has 0 N–H and O–H groups in total. The Morgan fingerprint density at radius 3 is 2.26 bits per heavy atom. The quantitative estimate of drug-likeness (QED) is 0.636. The maximum Gasteiger partial charge on any atom is 0.304 e. The fraction of sp³-hybridized carbons (Fsp3) is 0.188. The van der Waals surface area contributed by atoms with Crippen LogP contribution in [0.3, 0.4) is 0 Å². The van der Waals surface area contributed by atoms with Crippen molar-refractivity contribution in [1.29, 1.82) is 0 Å². The van der Waals surface area contributed by atoms with Gasteiger partial charge < -0.3 is 0 Å². The van der Waals surface area contributed by atoms with E-state index in [1.807, 2.05) is 40.4 Å². The second-order valence-corrected chi connectivity index (χ2v) is 6.69. The summed E-state index contributed by atoms with van der Waals surface area (Å²) < 4.78 is 3.15. The molecule has 0 saturated heterocycles. The summed E-state index contributed by atoms with van der Waals surface area (Å²) in [6.45, 7) is 4.15. The summed E-state index contributed by atoms with van der Waals surface area (Å²) >= 11 is 0. The van der Waals surface area contributed by atoms with Gasteiger partial charge in [0.25, 0.3) is 0 Å². The lowest BCUT2D eigenvalue weighted by atomic mass is 10.3. The minimum Gasteiger partial charge on any atom is -0.264 e. The van der Waals surface area contributed by atoms with Crippen LogP contribution in [-0.2, 0) is 0 Å². The highest BCUT2D eigenvalue weighted by Gasteiger charge is 2.27. The fourth-order valence-corrected chi connectivity index (χ4v) is 4.72. The van der Waals surface area contributed by atoms with E-state index < -0.39 is 0 Å². The second-order valence-electron chi connectivity index (χ2n) is 4.82. The van der Waals surface area contributed by atoms with Gasteiger partial charge in [0.15, 0.2) is 0 Å². The number of fused-ring (bicyclic) bond motifs is 1. The van der Waals surface area contributed by atoms with Gasteiger partial charge in [-0.2, -0.15) is 0 Å². The number of hydrogen-bond acceptors (Lipinski definition) is 1. The minimum atomic E-state index is -0.280. The molecule has 0 radical (unpaired) electrons. The van der Waals surface area contributed by atoms with Gasteiger partial charge in [0, 0.05) is 18.2 Å². The second kappa shape index (κ2) is 4.67. The third-order valence-corrected chi connectivity index (χ3v) is 5.63. The minimum absolute atomic E-state index is 0.151. The lowest BCUT2D eigenvalue weighted by Crippen LogP contribution is -2.16. The van der Waals surface area contributed by atoms with Crippen molar-refractivity contribution in [2.24, 2.45) is 0 Å². The van der Waals surface area contributed by atoms with Gasteiger partial charge in [-0.25, -0.2) is 0 Å². The van der Waals surface area contributed by atoms with Crippen LogP contribution in [0.25, 0.3) is 15.0 Å². The van der Waals surface area contributed by atoms with Crippen molar-refractivity contribution in [2.75, 3.05) is 0 Å². The zero-order valence-electron chi connectivity index (χ0n) is 11.0. The van der Waals surface area contributed by atoms with Crippen molar-refractivity contribution in [3.8, 4) is 4.90 Å². The molecule has 0 amide bonds. The molecule has 1 atom stereocenters. The summed E-state index contributed by atoms with van der Waals surface area (Å²) in [6.07, 6.45) is 0. The molecule has 0 bridgehead atoms. The van der Waals surface area contributed by atoms with Crippen LogP contribution in [0.4, 0.5) is 0 Å². The molecule has 0 saturated carbocycles. The van der Waals surface area contributed by atoms with E-state index in [-0.39, 0.29) is 22.3 Å². The molecule has 1 unspecified atom stereocenters. The smallest absolute Gasteiger partial charge is 0.264 e. The Morgan fingerprint density at radius 2 is 1.58 bits per heavy atom.